The van der Waals surface area contributed by atoms with Gasteiger partial charge in [-0.2, -0.15) is 16.4 Å². The maximum absolute atomic E-state index is 5.86. The number of nitrogens with one attached hydrogen (secondary N) is 2. The van der Waals surface area contributed by atoms with E-state index >= 15 is 0 Å². The van der Waals surface area contributed by atoms with Gasteiger partial charge in [-0.25, -0.2) is 0 Å². The Balaban J connectivity index is 1.38. The number of fused-ring (bicyclic) bond motifs is 2. The molecule has 8 nitrogen and oxygen atoms in total. The molecular formula is C26H23N7OS. The van der Waals surface area contributed by atoms with Gasteiger partial charge >= 0.3 is 0 Å². The van der Waals surface area contributed by atoms with Crippen molar-refractivity contribution in [3.8, 4) is 39.7 Å². The van der Waals surface area contributed by atoms with Gasteiger partial charge in [0.25, 0.3) is 0 Å². The van der Waals surface area contributed by atoms with Crippen LogP contribution in [0.25, 0.3) is 55.7 Å². The van der Waals surface area contributed by atoms with Crippen LogP contribution in [-0.4, -0.2) is 62.3 Å². The van der Waals surface area contributed by atoms with Crippen molar-refractivity contribution >= 4 is 33.1 Å². The maximum Gasteiger partial charge on any atom is 0.138 e. The van der Waals surface area contributed by atoms with Crippen molar-refractivity contribution in [3.63, 3.8) is 0 Å². The van der Waals surface area contributed by atoms with Crippen LogP contribution in [0.2, 0.25) is 0 Å². The monoisotopic (exact) mass is 481 g/mol. The molecule has 0 saturated heterocycles. The third-order valence-electron chi connectivity index (χ3n) is 5.86. The Hall–Kier alpha value is -4.08. The summed E-state index contributed by atoms with van der Waals surface area (Å²) >= 11 is 1.66. The standard InChI is InChI=1S/C26H23N7OS/c1-33(2)6-7-34-18-9-17(12-27-13-18)22-10-20-24(14-29-22)31-32-26(20)23-11-19-21(30-23)3-5-28-25(19)16-4-8-35-15-16/h3-5,8-15,30H,6-7H2,1-2H3,(H,31,32). The summed E-state index contributed by atoms with van der Waals surface area (Å²) < 4.78 is 5.86. The molecule has 0 saturated carbocycles. The number of ether oxygens (including phenoxy) is 1. The van der Waals surface area contributed by atoms with Gasteiger partial charge < -0.3 is 14.6 Å². The van der Waals surface area contributed by atoms with Gasteiger partial charge in [-0.15, -0.1) is 0 Å². The van der Waals surface area contributed by atoms with Crippen molar-refractivity contribution in [2.24, 2.45) is 0 Å². The maximum atomic E-state index is 5.86. The van der Waals surface area contributed by atoms with Gasteiger partial charge in [0, 0.05) is 51.7 Å². The van der Waals surface area contributed by atoms with Gasteiger partial charge in [0.05, 0.1) is 35.0 Å². The minimum atomic E-state index is 0.596. The summed E-state index contributed by atoms with van der Waals surface area (Å²) in [6.07, 6.45) is 7.17. The molecule has 6 heterocycles. The van der Waals surface area contributed by atoms with Gasteiger partial charge in [0.15, 0.2) is 0 Å². The summed E-state index contributed by atoms with van der Waals surface area (Å²) in [5.74, 6) is 0.725. The predicted octanol–water partition coefficient (Wildman–Crippen LogP) is 5.23. The summed E-state index contributed by atoms with van der Waals surface area (Å²) in [5.41, 5.74) is 7.42. The third-order valence-corrected chi connectivity index (χ3v) is 6.54. The van der Waals surface area contributed by atoms with Crippen molar-refractivity contribution in [3.05, 3.63) is 65.9 Å². The first kappa shape index (κ1) is 21.5. The largest absolute Gasteiger partial charge is 0.491 e. The Kier molecular flexibility index (Phi) is 5.48. The molecule has 0 atom stereocenters. The molecule has 6 aromatic rings. The van der Waals surface area contributed by atoms with E-state index in [1.165, 1.54) is 0 Å². The van der Waals surface area contributed by atoms with E-state index in [0.717, 1.165) is 68.0 Å². The Morgan fingerprint density at radius 1 is 0.943 bits per heavy atom. The van der Waals surface area contributed by atoms with Gasteiger partial charge in [0.2, 0.25) is 0 Å². The van der Waals surface area contributed by atoms with Crippen molar-refractivity contribution in [1.82, 2.24) is 35.0 Å². The van der Waals surface area contributed by atoms with E-state index in [0.29, 0.717) is 6.61 Å². The minimum Gasteiger partial charge on any atom is -0.491 e. The number of pyridine rings is 3. The van der Waals surface area contributed by atoms with Crippen LogP contribution < -0.4 is 4.74 Å². The average molecular weight is 482 g/mol. The lowest BCUT2D eigenvalue weighted by molar-refractivity contribution is 0.261. The lowest BCUT2D eigenvalue weighted by Gasteiger charge is -2.11. The topological polar surface area (TPSA) is 95.6 Å². The molecule has 35 heavy (non-hydrogen) atoms. The normalized spacial score (nSPS) is 11.6. The number of rotatable bonds is 7. The zero-order valence-electron chi connectivity index (χ0n) is 19.3. The van der Waals surface area contributed by atoms with E-state index in [9.17, 15) is 0 Å². The fourth-order valence-corrected chi connectivity index (χ4v) is 4.72. The lowest BCUT2D eigenvalue weighted by Crippen LogP contribution is -2.19. The number of hydrogen-bond donors (Lipinski definition) is 2. The molecule has 0 radical (unpaired) electrons. The predicted molar refractivity (Wildman–Crippen MR) is 140 cm³/mol. The Bertz CT molecular complexity index is 1620. The molecule has 0 aliphatic rings. The molecule has 9 heteroatoms. The van der Waals surface area contributed by atoms with Gasteiger partial charge in [-0.05, 0) is 49.8 Å². The highest BCUT2D eigenvalue weighted by molar-refractivity contribution is 7.08. The molecule has 0 unspecified atom stereocenters. The van der Waals surface area contributed by atoms with Crippen LogP contribution in [0.5, 0.6) is 5.75 Å². The second kappa shape index (κ2) is 8.94. The van der Waals surface area contributed by atoms with Crippen molar-refractivity contribution in [2.75, 3.05) is 27.2 Å². The highest BCUT2D eigenvalue weighted by atomic mass is 32.1. The molecular weight excluding hydrogens is 458 g/mol. The molecule has 0 aliphatic carbocycles. The smallest absolute Gasteiger partial charge is 0.138 e. The van der Waals surface area contributed by atoms with Gasteiger partial charge in [-0.1, -0.05) is 0 Å². The molecule has 0 aliphatic heterocycles. The molecule has 0 aromatic carbocycles. The van der Waals surface area contributed by atoms with Crippen LogP contribution in [0.15, 0.2) is 65.9 Å². The van der Waals surface area contributed by atoms with Crippen LogP contribution >= 0.6 is 11.3 Å². The number of nitrogens with zero attached hydrogens (tertiary/aromatic N) is 5. The van der Waals surface area contributed by atoms with E-state index < -0.39 is 0 Å². The third kappa shape index (κ3) is 4.16. The first-order valence-corrected chi connectivity index (χ1v) is 12.2. The lowest BCUT2D eigenvalue weighted by atomic mass is 10.1. The summed E-state index contributed by atoms with van der Waals surface area (Å²) in [6, 6.07) is 10.2. The molecule has 0 spiro atoms. The SMILES string of the molecule is CN(C)CCOc1cncc(-c2cc3c(-c4cc5c(-c6ccsc6)nccc5[nH]4)n[nH]c3cn2)c1. The zero-order chi connectivity index (χ0) is 23.8. The highest BCUT2D eigenvalue weighted by Gasteiger charge is 2.15. The van der Waals surface area contributed by atoms with Crippen LogP contribution in [0, 0.1) is 0 Å². The number of aromatic amines is 2. The van der Waals surface area contributed by atoms with Crippen molar-refractivity contribution in [2.45, 2.75) is 0 Å². The molecule has 6 rings (SSSR count). The van der Waals surface area contributed by atoms with E-state index in [2.05, 4.69) is 57.9 Å². The zero-order valence-corrected chi connectivity index (χ0v) is 20.1. The summed E-state index contributed by atoms with van der Waals surface area (Å²) in [7, 11) is 4.04. The Morgan fingerprint density at radius 3 is 2.71 bits per heavy atom. The number of aromatic nitrogens is 6. The molecule has 0 fully saturated rings. The number of likely N-dealkylation sites (N-methyl/N-ethyl adjacent to an activating group) is 1. The molecule has 0 bridgehead atoms. The fraction of sp³-hybridized carbons (Fsp3) is 0.154. The van der Waals surface area contributed by atoms with Crippen molar-refractivity contribution < 1.29 is 4.74 Å². The average Bonchev–Trinajstić information content (AvgIpc) is 3.62. The van der Waals surface area contributed by atoms with Gasteiger partial charge in [-0.3, -0.25) is 20.1 Å². The number of thiophene rings is 1. The second-order valence-corrected chi connectivity index (χ2v) is 9.34. The van der Waals surface area contributed by atoms with Gasteiger partial charge in [0.1, 0.15) is 18.1 Å². The summed E-state index contributed by atoms with van der Waals surface area (Å²) in [6.45, 7) is 1.43. The van der Waals surface area contributed by atoms with E-state index in [1.807, 2.05) is 44.7 Å². The Morgan fingerprint density at radius 2 is 1.86 bits per heavy atom. The van der Waals surface area contributed by atoms with E-state index in [-0.39, 0.29) is 0 Å². The van der Waals surface area contributed by atoms with Crippen LogP contribution in [0.4, 0.5) is 0 Å². The van der Waals surface area contributed by atoms with Crippen LogP contribution in [0.1, 0.15) is 0 Å². The molecule has 6 aromatic heterocycles. The summed E-state index contributed by atoms with van der Waals surface area (Å²) in [5, 5.41) is 13.9. The minimum absolute atomic E-state index is 0.596. The van der Waals surface area contributed by atoms with E-state index in [4.69, 9.17) is 4.74 Å². The van der Waals surface area contributed by atoms with Crippen LogP contribution in [-0.2, 0) is 0 Å². The number of H-pyrrole nitrogens is 2. The molecule has 174 valence electrons. The number of hydrogen-bond acceptors (Lipinski definition) is 7. The second-order valence-electron chi connectivity index (χ2n) is 8.56. The first-order chi connectivity index (χ1) is 17.2. The molecule has 0 amide bonds. The quantitative estimate of drug-likeness (QED) is 0.324. The molecule has 2 N–H and O–H groups in total. The Labute approximate surface area is 205 Å². The summed E-state index contributed by atoms with van der Waals surface area (Å²) in [4.78, 5) is 19.2. The van der Waals surface area contributed by atoms with Crippen molar-refractivity contribution in [1.29, 1.82) is 0 Å². The van der Waals surface area contributed by atoms with Crippen LogP contribution in [0.3, 0.4) is 0 Å². The first-order valence-electron chi connectivity index (χ1n) is 11.2. The highest BCUT2D eigenvalue weighted by Crippen LogP contribution is 2.34. The van der Waals surface area contributed by atoms with E-state index in [1.54, 1.807) is 23.7 Å². The fourth-order valence-electron chi connectivity index (χ4n) is 4.07.